The molecule has 0 radical (unpaired) electrons. The number of benzene rings is 1. The maximum Gasteiger partial charge on any atom is 0.238 e. The number of likely N-dealkylation sites (tertiary alicyclic amines) is 1. The van der Waals surface area contributed by atoms with Gasteiger partial charge in [0.15, 0.2) is 0 Å². The lowest BCUT2D eigenvalue weighted by Gasteiger charge is -2.37. The zero-order valence-electron chi connectivity index (χ0n) is 12.2. The number of piperidine rings is 1. The van der Waals surface area contributed by atoms with Crippen LogP contribution in [0.25, 0.3) is 0 Å². The van der Waals surface area contributed by atoms with Crippen molar-refractivity contribution in [3.05, 3.63) is 27.8 Å². The predicted octanol–water partition coefficient (Wildman–Crippen LogP) is 1.67. The van der Waals surface area contributed by atoms with Crippen molar-refractivity contribution in [2.24, 2.45) is 5.73 Å². The molecule has 0 bridgehead atoms. The standard InChI is InChI=1S/C15H22IN3O2/c1-21-12-6-7-19(11(8-12)9-17)10-15(20)18-14-5-3-2-4-13(14)16/h2-5,11-12H,6-10,17H2,1H3,(H,18,20). The average Bonchev–Trinajstić information content (AvgIpc) is 2.50. The SMILES string of the molecule is COC1CCN(CC(=O)Nc2ccccc2I)C(CN)C1. The van der Waals surface area contributed by atoms with Gasteiger partial charge in [-0.05, 0) is 47.6 Å². The minimum absolute atomic E-state index is 0.00781. The maximum absolute atomic E-state index is 12.2. The minimum atomic E-state index is 0.00781. The van der Waals surface area contributed by atoms with Gasteiger partial charge in [0.2, 0.25) is 5.91 Å². The first kappa shape index (κ1) is 16.7. The third-order valence-electron chi connectivity index (χ3n) is 3.89. The zero-order chi connectivity index (χ0) is 15.2. The normalized spacial score (nSPS) is 23.0. The van der Waals surface area contributed by atoms with Crippen LogP contribution in [0.4, 0.5) is 5.69 Å². The molecule has 0 aromatic heterocycles. The highest BCUT2D eigenvalue weighted by atomic mass is 127. The van der Waals surface area contributed by atoms with Gasteiger partial charge in [-0.2, -0.15) is 0 Å². The van der Waals surface area contributed by atoms with E-state index in [0.29, 0.717) is 13.1 Å². The number of rotatable bonds is 5. The summed E-state index contributed by atoms with van der Waals surface area (Å²) in [5, 5.41) is 2.97. The van der Waals surface area contributed by atoms with Crippen LogP contribution in [0.3, 0.4) is 0 Å². The number of methoxy groups -OCH3 is 1. The Balaban J connectivity index is 1.91. The third-order valence-corrected chi connectivity index (χ3v) is 4.83. The van der Waals surface area contributed by atoms with E-state index in [9.17, 15) is 4.79 Å². The van der Waals surface area contributed by atoms with Crippen molar-refractivity contribution < 1.29 is 9.53 Å². The van der Waals surface area contributed by atoms with Gasteiger partial charge in [-0.3, -0.25) is 9.69 Å². The van der Waals surface area contributed by atoms with Gasteiger partial charge in [0.1, 0.15) is 0 Å². The molecule has 0 saturated carbocycles. The van der Waals surface area contributed by atoms with E-state index in [2.05, 4.69) is 32.8 Å². The lowest BCUT2D eigenvalue weighted by Crippen LogP contribution is -2.51. The Morgan fingerprint density at radius 2 is 2.29 bits per heavy atom. The predicted molar refractivity (Wildman–Crippen MR) is 92.2 cm³/mol. The van der Waals surface area contributed by atoms with Crippen molar-refractivity contribution in [1.29, 1.82) is 0 Å². The van der Waals surface area contributed by atoms with E-state index in [1.54, 1.807) is 7.11 Å². The summed E-state index contributed by atoms with van der Waals surface area (Å²) in [4.78, 5) is 14.4. The molecule has 1 aromatic carbocycles. The quantitative estimate of drug-likeness (QED) is 0.735. The first-order valence-corrected chi connectivity index (χ1v) is 8.23. The second kappa shape index (κ2) is 8.07. The van der Waals surface area contributed by atoms with Crippen LogP contribution >= 0.6 is 22.6 Å². The molecule has 2 atom stereocenters. The molecule has 3 N–H and O–H groups in total. The molecule has 5 nitrogen and oxygen atoms in total. The van der Waals surface area contributed by atoms with Gasteiger partial charge in [0, 0.05) is 29.8 Å². The van der Waals surface area contributed by atoms with Crippen LogP contribution in [0.15, 0.2) is 24.3 Å². The summed E-state index contributed by atoms with van der Waals surface area (Å²) in [5.41, 5.74) is 6.69. The van der Waals surface area contributed by atoms with Crippen LogP contribution in [0.5, 0.6) is 0 Å². The number of carbonyl (C=O) groups is 1. The van der Waals surface area contributed by atoms with Crippen LogP contribution < -0.4 is 11.1 Å². The molecule has 1 saturated heterocycles. The molecule has 1 aliphatic rings. The Morgan fingerprint density at radius 3 is 2.95 bits per heavy atom. The molecule has 6 heteroatoms. The highest BCUT2D eigenvalue weighted by Gasteiger charge is 2.28. The summed E-state index contributed by atoms with van der Waals surface area (Å²) in [6.07, 6.45) is 2.10. The minimum Gasteiger partial charge on any atom is -0.381 e. The summed E-state index contributed by atoms with van der Waals surface area (Å²) >= 11 is 2.22. The van der Waals surface area contributed by atoms with E-state index in [-0.39, 0.29) is 18.1 Å². The number of nitrogens with two attached hydrogens (primary N) is 1. The molecule has 1 amide bonds. The molecule has 1 heterocycles. The van der Waals surface area contributed by atoms with Gasteiger partial charge in [-0.1, -0.05) is 12.1 Å². The number of carbonyl (C=O) groups excluding carboxylic acids is 1. The molecule has 21 heavy (non-hydrogen) atoms. The van der Waals surface area contributed by atoms with E-state index in [1.165, 1.54) is 0 Å². The lowest BCUT2D eigenvalue weighted by molar-refractivity contribution is -0.118. The molecular formula is C15H22IN3O2. The average molecular weight is 403 g/mol. The molecular weight excluding hydrogens is 381 g/mol. The molecule has 2 unspecified atom stereocenters. The molecule has 116 valence electrons. The van der Waals surface area contributed by atoms with Crippen LogP contribution in [0.1, 0.15) is 12.8 Å². The van der Waals surface area contributed by atoms with Crippen molar-refractivity contribution >= 4 is 34.2 Å². The zero-order valence-corrected chi connectivity index (χ0v) is 14.4. The van der Waals surface area contributed by atoms with Crippen molar-refractivity contribution in [1.82, 2.24) is 4.90 Å². The summed E-state index contributed by atoms with van der Waals surface area (Å²) in [7, 11) is 1.73. The largest absolute Gasteiger partial charge is 0.381 e. The number of halogens is 1. The van der Waals surface area contributed by atoms with Gasteiger partial charge >= 0.3 is 0 Å². The van der Waals surface area contributed by atoms with Crippen LogP contribution in [-0.2, 0) is 9.53 Å². The smallest absolute Gasteiger partial charge is 0.238 e. The van der Waals surface area contributed by atoms with E-state index >= 15 is 0 Å². The van der Waals surface area contributed by atoms with Crippen molar-refractivity contribution in [2.45, 2.75) is 25.0 Å². The van der Waals surface area contributed by atoms with Crippen LogP contribution in [-0.4, -0.2) is 49.7 Å². The third kappa shape index (κ3) is 4.64. The van der Waals surface area contributed by atoms with Crippen LogP contribution in [0, 0.1) is 3.57 Å². The lowest BCUT2D eigenvalue weighted by atomic mass is 9.99. The monoisotopic (exact) mass is 403 g/mol. The van der Waals surface area contributed by atoms with Gasteiger partial charge in [-0.25, -0.2) is 0 Å². The maximum atomic E-state index is 12.2. The van der Waals surface area contributed by atoms with E-state index in [4.69, 9.17) is 10.5 Å². The Labute approximate surface area is 139 Å². The van der Waals surface area contributed by atoms with Gasteiger partial charge in [0.25, 0.3) is 0 Å². The number of hydrogen-bond acceptors (Lipinski definition) is 4. The first-order chi connectivity index (χ1) is 10.1. The molecule has 2 rings (SSSR count). The highest BCUT2D eigenvalue weighted by molar-refractivity contribution is 14.1. The first-order valence-electron chi connectivity index (χ1n) is 7.15. The van der Waals surface area contributed by atoms with E-state index in [0.717, 1.165) is 28.6 Å². The van der Waals surface area contributed by atoms with Gasteiger partial charge in [-0.15, -0.1) is 0 Å². The Morgan fingerprint density at radius 1 is 1.52 bits per heavy atom. The fourth-order valence-electron chi connectivity index (χ4n) is 2.67. The van der Waals surface area contributed by atoms with Crippen LogP contribution in [0.2, 0.25) is 0 Å². The fraction of sp³-hybridized carbons (Fsp3) is 0.533. The van der Waals surface area contributed by atoms with Crippen molar-refractivity contribution in [3.63, 3.8) is 0 Å². The summed E-state index contributed by atoms with van der Waals surface area (Å²) < 4.78 is 6.44. The van der Waals surface area contributed by atoms with Gasteiger partial charge < -0.3 is 15.8 Å². The second-order valence-electron chi connectivity index (χ2n) is 5.27. The molecule has 1 fully saturated rings. The number of nitrogens with one attached hydrogen (secondary N) is 1. The Kier molecular flexibility index (Phi) is 6.40. The number of para-hydroxylation sites is 1. The summed E-state index contributed by atoms with van der Waals surface area (Å²) in [6, 6.07) is 7.98. The van der Waals surface area contributed by atoms with Gasteiger partial charge in [0.05, 0.1) is 18.3 Å². The fourth-order valence-corrected chi connectivity index (χ4v) is 3.19. The van der Waals surface area contributed by atoms with Crippen molar-refractivity contribution in [2.75, 3.05) is 32.1 Å². The number of nitrogens with zero attached hydrogens (tertiary/aromatic N) is 1. The Bertz CT molecular complexity index is 484. The van der Waals surface area contributed by atoms with E-state index in [1.807, 2.05) is 24.3 Å². The topological polar surface area (TPSA) is 67.6 Å². The molecule has 1 aromatic rings. The second-order valence-corrected chi connectivity index (χ2v) is 6.43. The number of ether oxygens (including phenoxy) is 1. The molecule has 1 aliphatic heterocycles. The highest BCUT2D eigenvalue weighted by Crippen LogP contribution is 2.20. The Hall–Kier alpha value is -0.700. The number of hydrogen-bond donors (Lipinski definition) is 2. The number of anilines is 1. The molecule has 0 aliphatic carbocycles. The number of amides is 1. The van der Waals surface area contributed by atoms with Crippen molar-refractivity contribution in [3.8, 4) is 0 Å². The summed E-state index contributed by atoms with van der Waals surface area (Å²) in [5.74, 6) is 0.00781. The van der Waals surface area contributed by atoms with E-state index < -0.39 is 0 Å². The summed E-state index contributed by atoms with van der Waals surface area (Å²) in [6.45, 7) is 1.78. The molecule has 0 spiro atoms.